The van der Waals surface area contributed by atoms with Crippen molar-refractivity contribution in [2.75, 3.05) is 29.5 Å². The molecule has 0 bridgehead atoms. The fraction of sp³-hybridized carbons (Fsp3) is 0.167. The average Bonchev–Trinajstić information content (AvgIpc) is 2.37. The summed E-state index contributed by atoms with van der Waals surface area (Å²) in [5.74, 6) is 0.872. The van der Waals surface area contributed by atoms with Crippen LogP contribution < -0.4 is 16.4 Å². The van der Waals surface area contributed by atoms with Gasteiger partial charge < -0.3 is 21.5 Å². The summed E-state index contributed by atoms with van der Waals surface area (Å²) in [4.78, 5) is 7.88. The molecular weight excluding hydrogens is 230 g/mol. The van der Waals surface area contributed by atoms with Gasteiger partial charge in [0.05, 0.1) is 6.61 Å². The Hall–Kier alpha value is -2.34. The minimum atomic E-state index is 0.0973. The van der Waals surface area contributed by atoms with E-state index in [0.717, 1.165) is 11.4 Å². The fourth-order valence-corrected chi connectivity index (χ4v) is 1.50. The molecule has 1 heterocycles. The van der Waals surface area contributed by atoms with Crippen molar-refractivity contribution >= 4 is 23.1 Å². The number of aliphatic hydroxyl groups is 1. The molecule has 6 heteroatoms. The van der Waals surface area contributed by atoms with Crippen LogP contribution in [0.4, 0.5) is 23.1 Å². The lowest BCUT2D eigenvalue weighted by Gasteiger charge is -2.09. The molecule has 0 amide bonds. The minimum Gasteiger partial charge on any atom is -0.395 e. The first-order chi connectivity index (χ1) is 8.78. The summed E-state index contributed by atoms with van der Waals surface area (Å²) in [6, 6.07) is 9.42. The third-order valence-corrected chi connectivity index (χ3v) is 2.25. The monoisotopic (exact) mass is 245 g/mol. The van der Waals surface area contributed by atoms with Gasteiger partial charge in [0, 0.05) is 24.1 Å². The SMILES string of the molecule is Nc1nccc(Nc2cccc(NCCO)c2)n1. The second-order valence-corrected chi connectivity index (χ2v) is 3.66. The molecule has 0 radical (unpaired) electrons. The van der Waals surface area contributed by atoms with E-state index in [0.29, 0.717) is 12.4 Å². The molecule has 5 N–H and O–H groups in total. The first-order valence-electron chi connectivity index (χ1n) is 5.58. The summed E-state index contributed by atoms with van der Waals surface area (Å²) < 4.78 is 0. The lowest BCUT2D eigenvalue weighted by atomic mass is 10.2. The Labute approximate surface area is 105 Å². The van der Waals surface area contributed by atoms with Gasteiger partial charge in [0.1, 0.15) is 5.82 Å². The van der Waals surface area contributed by atoms with E-state index in [9.17, 15) is 0 Å². The van der Waals surface area contributed by atoms with Crippen LogP contribution in [0.5, 0.6) is 0 Å². The zero-order valence-electron chi connectivity index (χ0n) is 9.80. The molecule has 6 nitrogen and oxygen atoms in total. The van der Waals surface area contributed by atoms with Crippen LogP contribution in [0.15, 0.2) is 36.5 Å². The van der Waals surface area contributed by atoms with E-state index in [1.54, 1.807) is 12.3 Å². The summed E-state index contributed by atoms with van der Waals surface area (Å²) in [6.07, 6.45) is 1.60. The van der Waals surface area contributed by atoms with Crippen molar-refractivity contribution in [3.63, 3.8) is 0 Å². The van der Waals surface area contributed by atoms with E-state index in [1.807, 2.05) is 24.3 Å². The highest BCUT2D eigenvalue weighted by atomic mass is 16.3. The van der Waals surface area contributed by atoms with Crippen LogP contribution in [0, 0.1) is 0 Å². The number of benzene rings is 1. The largest absolute Gasteiger partial charge is 0.395 e. The van der Waals surface area contributed by atoms with E-state index in [4.69, 9.17) is 10.8 Å². The molecule has 1 aromatic heterocycles. The number of anilines is 4. The molecular formula is C12H15N5O. The number of hydrogen-bond acceptors (Lipinski definition) is 6. The van der Waals surface area contributed by atoms with Gasteiger partial charge in [-0.1, -0.05) is 6.07 Å². The van der Waals surface area contributed by atoms with Gasteiger partial charge in [-0.3, -0.25) is 0 Å². The van der Waals surface area contributed by atoms with Crippen LogP contribution in [0.25, 0.3) is 0 Å². The zero-order valence-corrected chi connectivity index (χ0v) is 9.80. The number of aliphatic hydroxyl groups excluding tert-OH is 1. The summed E-state index contributed by atoms with van der Waals surface area (Å²) in [5, 5.41) is 15.0. The second kappa shape index (κ2) is 5.83. The first kappa shape index (κ1) is 12.1. The lowest BCUT2D eigenvalue weighted by molar-refractivity contribution is 0.311. The third-order valence-electron chi connectivity index (χ3n) is 2.25. The highest BCUT2D eigenvalue weighted by molar-refractivity contribution is 5.62. The maximum atomic E-state index is 8.75. The Bertz CT molecular complexity index is 517. The molecule has 0 unspecified atom stereocenters. The predicted octanol–water partition coefficient (Wildman–Crippen LogP) is 1.21. The number of hydrogen-bond donors (Lipinski definition) is 4. The second-order valence-electron chi connectivity index (χ2n) is 3.66. The van der Waals surface area contributed by atoms with Crippen LogP contribution in [-0.4, -0.2) is 28.2 Å². The number of nitrogens with zero attached hydrogens (tertiary/aromatic N) is 2. The van der Waals surface area contributed by atoms with Gasteiger partial charge in [-0.05, 0) is 24.3 Å². The van der Waals surface area contributed by atoms with Gasteiger partial charge in [-0.2, -0.15) is 4.98 Å². The highest BCUT2D eigenvalue weighted by Crippen LogP contribution is 2.18. The van der Waals surface area contributed by atoms with Gasteiger partial charge in [-0.25, -0.2) is 4.98 Å². The molecule has 94 valence electrons. The molecule has 1 aromatic carbocycles. The maximum Gasteiger partial charge on any atom is 0.221 e. The maximum absolute atomic E-state index is 8.75. The van der Waals surface area contributed by atoms with E-state index < -0.39 is 0 Å². The Morgan fingerprint density at radius 2 is 2.06 bits per heavy atom. The fourth-order valence-electron chi connectivity index (χ4n) is 1.50. The standard InChI is InChI=1S/C12H15N5O/c13-12-15-5-4-11(17-12)16-10-3-1-2-9(8-10)14-6-7-18/h1-5,8,14,18H,6-7H2,(H3,13,15,16,17). The van der Waals surface area contributed by atoms with Crippen LogP contribution in [0.3, 0.4) is 0 Å². The smallest absolute Gasteiger partial charge is 0.221 e. The zero-order chi connectivity index (χ0) is 12.8. The number of rotatable bonds is 5. The Balaban J connectivity index is 2.09. The van der Waals surface area contributed by atoms with Crippen molar-refractivity contribution in [1.82, 2.24) is 9.97 Å². The minimum absolute atomic E-state index is 0.0973. The van der Waals surface area contributed by atoms with Crippen LogP contribution in [0.1, 0.15) is 0 Å². The van der Waals surface area contributed by atoms with Crippen LogP contribution in [-0.2, 0) is 0 Å². The van der Waals surface area contributed by atoms with Crippen LogP contribution >= 0.6 is 0 Å². The van der Waals surface area contributed by atoms with Gasteiger partial charge in [0.25, 0.3) is 0 Å². The van der Waals surface area contributed by atoms with Crippen molar-refractivity contribution in [3.05, 3.63) is 36.5 Å². The van der Waals surface area contributed by atoms with Gasteiger partial charge in [0.15, 0.2) is 0 Å². The van der Waals surface area contributed by atoms with Gasteiger partial charge in [-0.15, -0.1) is 0 Å². The van der Waals surface area contributed by atoms with E-state index in [-0.39, 0.29) is 12.6 Å². The number of nitrogens with two attached hydrogens (primary N) is 1. The molecule has 2 rings (SSSR count). The van der Waals surface area contributed by atoms with Gasteiger partial charge >= 0.3 is 0 Å². The number of nitrogen functional groups attached to an aromatic ring is 1. The molecule has 0 spiro atoms. The van der Waals surface area contributed by atoms with Crippen molar-refractivity contribution < 1.29 is 5.11 Å². The van der Waals surface area contributed by atoms with E-state index in [1.165, 1.54) is 0 Å². The molecule has 18 heavy (non-hydrogen) atoms. The quantitative estimate of drug-likeness (QED) is 0.632. The third kappa shape index (κ3) is 3.33. The topological polar surface area (TPSA) is 96.1 Å². The molecule has 0 saturated heterocycles. The summed E-state index contributed by atoms with van der Waals surface area (Å²) in [6.45, 7) is 0.615. The molecule has 0 atom stereocenters. The first-order valence-corrected chi connectivity index (χ1v) is 5.58. The van der Waals surface area contributed by atoms with E-state index in [2.05, 4.69) is 20.6 Å². The Morgan fingerprint density at radius 3 is 2.83 bits per heavy atom. The average molecular weight is 245 g/mol. The molecule has 2 aromatic rings. The molecule has 0 aliphatic heterocycles. The molecule has 0 saturated carbocycles. The molecule has 0 fully saturated rings. The summed E-state index contributed by atoms with van der Waals surface area (Å²) in [5.41, 5.74) is 7.32. The number of nitrogens with one attached hydrogen (secondary N) is 2. The van der Waals surface area contributed by atoms with Crippen molar-refractivity contribution in [2.24, 2.45) is 0 Å². The van der Waals surface area contributed by atoms with Crippen molar-refractivity contribution in [1.29, 1.82) is 0 Å². The lowest BCUT2D eigenvalue weighted by Crippen LogP contribution is -2.05. The van der Waals surface area contributed by atoms with E-state index >= 15 is 0 Å². The molecule has 0 aliphatic carbocycles. The van der Waals surface area contributed by atoms with Gasteiger partial charge in [0.2, 0.25) is 5.95 Å². The summed E-state index contributed by atoms with van der Waals surface area (Å²) >= 11 is 0. The predicted molar refractivity (Wildman–Crippen MR) is 71.7 cm³/mol. The normalized spacial score (nSPS) is 10.1. The number of aromatic nitrogens is 2. The highest BCUT2D eigenvalue weighted by Gasteiger charge is 1.98. The summed E-state index contributed by atoms with van der Waals surface area (Å²) in [7, 11) is 0. The Kier molecular flexibility index (Phi) is 3.93. The molecule has 0 aliphatic rings. The van der Waals surface area contributed by atoms with Crippen LogP contribution in [0.2, 0.25) is 0 Å². The van der Waals surface area contributed by atoms with Crippen molar-refractivity contribution in [3.8, 4) is 0 Å². The van der Waals surface area contributed by atoms with Crippen molar-refractivity contribution in [2.45, 2.75) is 0 Å². The Morgan fingerprint density at radius 1 is 1.22 bits per heavy atom.